The quantitative estimate of drug-likeness (QED) is 0.671. The van der Waals surface area contributed by atoms with Crippen molar-refractivity contribution in [3.05, 3.63) is 22.2 Å². The van der Waals surface area contributed by atoms with Gasteiger partial charge in [0.1, 0.15) is 0 Å². The number of anilines is 2. The number of nitrogens with two attached hydrogens (primary N) is 1. The van der Waals surface area contributed by atoms with Gasteiger partial charge in [-0.25, -0.2) is 0 Å². The standard InChI is InChI=1S/C12H12Cl2N2O3/c1-19-12(18)6-2-10(17)16(5-6)9-4-7(13)3-8(14)11(9)15/h3-4,6H,2,5,15H2,1H3. The number of methoxy groups -OCH3 is 1. The Morgan fingerprint density at radius 2 is 2.16 bits per heavy atom. The minimum absolute atomic E-state index is 0.0935. The number of carbonyl (C=O) groups is 2. The molecule has 1 heterocycles. The molecule has 2 rings (SSSR count). The lowest BCUT2D eigenvalue weighted by atomic mass is 10.1. The van der Waals surface area contributed by atoms with Crippen molar-refractivity contribution in [3.63, 3.8) is 0 Å². The minimum Gasteiger partial charge on any atom is -0.469 e. The lowest BCUT2D eigenvalue weighted by molar-refractivity contribution is -0.145. The molecule has 0 spiro atoms. The van der Waals surface area contributed by atoms with Crippen LogP contribution in [0, 0.1) is 5.92 Å². The molecule has 1 aromatic carbocycles. The SMILES string of the molecule is COC(=O)C1CC(=O)N(c2cc(Cl)cc(Cl)c2N)C1. The van der Waals surface area contributed by atoms with E-state index in [0.29, 0.717) is 10.7 Å². The molecular weight excluding hydrogens is 291 g/mol. The van der Waals surface area contributed by atoms with Gasteiger partial charge in [-0.05, 0) is 12.1 Å². The number of nitrogens with zero attached hydrogens (tertiary/aromatic N) is 1. The van der Waals surface area contributed by atoms with Crippen molar-refractivity contribution in [1.29, 1.82) is 0 Å². The van der Waals surface area contributed by atoms with Crippen molar-refractivity contribution in [2.24, 2.45) is 5.92 Å². The van der Waals surface area contributed by atoms with Crippen LogP contribution in [-0.2, 0) is 14.3 Å². The lowest BCUT2D eigenvalue weighted by Crippen LogP contribution is -2.27. The summed E-state index contributed by atoms with van der Waals surface area (Å²) in [7, 11) is 1.29. The third-order valence-electron chi connectivity index (χ3n) is 3.02. The van der Waals surface area contributed by atoms with Crippen molar-refractivity contribution in [2.75, 3.05) is 24.3 Å². The van der Waals surface area contributed by atoms with Crippen molar-refractivity contribution < 1.29 is 14.3 Å². The molecule has 7 heteroatoms. The molecule has 0 radical (unpaired) electrons. The van der Waals surface area contributed by atoms with Crippen LogP contribution >= 0.6 is 23.2 Å². The van der Waals surface area contributed by atoms with Gasteiger partial charge >= 0.3 is 5.97 Å². The summed E-state index contributed by atoms with van der Waals surface area (Å²) in [5.74, 6) is -1.11. The van der Waals surface area contributed by atoms with Gasteiger partial charge in [-0.1, -0.05) is 23.2 Å². The van der Waals surface area contributed by atoms with Gasteiger partial charge in [0, 0.05) is 18.0 Å². The van der Waals surface area contributed by atoms with Gasteiger partial charge < -0.3 is 15.4 Å². The predicted octanol–water partition coefficient (Wildman–Crippen LogP) is 2.10. The molecule has 0 aliphatic carbocycles. The van der Waals surface area contributed by atoms with E-state index in [1.165, 1.54) is 18.1 Å². The van der Waals surface area contributed by atoms with Crippen molar-refractivity contribution in [2.45, 2.75) is 6.42 Å². The Bertz CT molecular complexity index is 548. The van der Waals surface area contributed by atoms with Crippen LogP contribution < -0.4 is 10.6 Å². The second kappa shape index (κ2) is 5.27. The first-order valence-electron chi connectivity index (χ1n) is 5.56. The van der Waals surface area contributed by atoms with E-state index in [4.69, 9.17) is 28.9 Å². The number of esters is 1. The molecule has 1 amide bonds. The molecule has 1 fully saturated rings. The molecule has 1 aliphatic rings. The summed E-state index contributed by atoms with van der Waals surface area (Å²) in [6.07, 6.45) is 0.0935. The second-order valence-electron chi connectivity index (χ2n) is 4.25. The number of carbonyl (C=O) groups excluding carboxylic acids is 2. The molecule has 0 saturated carbocycles. The number of hydrogen-bond acceptors (Lipinski definition) is 4. The molecule has 5 nitrogen and oxygen atoms in total. The van der Waals surface area contributed by atoms with E-state index in [9.17, 15) is 9.59 Å². The maximum atomic E-state index is 12.0. The fourth-order valence-corrected chi connectivity index (χ4v) is 2.54. The summed E-state index contributed by atoms with van der Waals surface area (Å²) in [6.45, 7) is 0.215. The van der Waals surface area contributed by atoms with E-state index in [2.05, 4.69) is 4.74 Å². The smallest absolute Gasteiger partial charge is 0.311 e. The van der Waals surface area contributed by atoms with Crippen LogP contribution in [0.5, 0.6) is 0 Å². The molecule has 1 aromatic rings. The highest BCUT2D eigenvalue weighted by molar-refractivity contribution is 6.37. The summed E-state index contributed by atoms with van der Waals surface area (Å²) < 4.78 is 4.64. The van der Waals surface area contributed by atoms with Crippen LogP contribution in [0.3, 0.4) is 0 Å². The molecule has 0 bridgehead atoms. The van der Waals surface area contributed by atoms with E-state index in [-0.39, 0.29) is 29.6 Å². The molecule has 1 saturated heterocycles. The number of nitrogen functional groups attached to an aromatic ring is 1. The molecule has 102 valence electrons. The highest BCUT2D eigenvalue weighted by Crippen LogP contribution is 2.37. The van der Waals surface area contributed by atoms with Crippen molar-refractivity contribution in [1.82, 2.24) is 0 Å². The normalized spacial score (nSPS) is 18.8. The first kappa shape index (κ1) is 14.0. The van der Waals surface area contributed by atoms with Crippen LogP contribution in [0.1, 0.15) is 6.42 Å². The zero-order chi connectivity index (χ0) is 14.2. The molecule has 1 unspecified atom stereocenters. The monoisotopic (exact) mass is 302 g/mol. The second-order valence-corrected chi connectivity index (χ2v) is 5.09. The third kappa shape index (κ3) is 2.62. The van der Waals surface area contributed by atoms with E-state index >= 15 is 0 Å². The topological polar surface area (TPSA) is 72.6 Å². The van der Waals surface area contributed by atoms with Crippen molar-refractivity contribution in [3.8, 4) is 0 Å². The van der Waals surface area contributed by atoms with E-state index < -0.39 is 11.9 Å². The Labute approximate surface area is 120 Å². The van der Waals surface area contributed by atoms with Gasteiger partial charge in [0.05, 0.1) is 29.4 Å². The number of benzene rings is 1. The summed E-state index contributed by atoms with van der Waals surface area (Å²) >= 11 is 11.8. The highest BCUT2D eigenvalue weighted by Gasteiger charge is 2.36. The summed E-state index contributed by atoms with van der Waals surface area (Å²) in [6, 6.07) is 3.06. The lowest BCUT2D eigenvalue weighted by Gasteiger charge is -2.19. The molecular formula is C12H12Cl2N2O3. The maximum Gasteiger partial charge on any atom is 0.311 e. The van der Waals surface area contributed by atoms with Crippen LogP contribution in [0.2, 0.25) is 10.0 Å². The fraction of sp³-hybridized carbons (Fsp3) is 0.333. The van der Waals surface area contributed by atoms with Crippen LogP contribution in [0.25, 0.3) is 0 Å². The Kier molecular flexibility index (Phi) is 3.87. The largest absolute Gasteiger partial charge is 0.469 e. The highest BCUT2D eigenvalue weighted by atomic mass is 35.5. The molecule has 2 N–H and O–H groups in total. The van der Waals surface area contributed by atoms with Gasteiger partial charge in [0.25, 0.3) is 0 Å². The van der Waals surface area contributed by atoms with Crippen LogP contribution in [0.15, 0.2) is 12.1 Å². The Hall–Kier alpha value is -1.46. The zero-order valence-electron chi connectivity index (χ0n) is 10.2. The van der Waals surface area contributed by atoms with Gasteiger partial charge in [-0.2, -0.15) is 0 Å². The average Bonchev–Trinajstić information content (AvgIpc) is 2.75. The number of halogens is 2. The minimum atomic E-state index is -0.491. The molecule has 0 aromatic heterocycles. The van der Waals surface area contributed by atoms with E-state index in [1.807, 2.05) is 0 Å². The number of ether oxygens (including phenoxy) is 1. The summed E-state index contributed by atoms with van der Waals surface area (Å²) in [5.41, 5.74) is 6.54. The zero-order valence-corrected chi connectivity index (χ0v) is 11.7. The molecule has 19 heavy (non-hydrogen) atoms. The third-order valence-corrected chi connectivity index (χ3v) is 3.55. The van der Waals surface area contributed by atoms with E-state index in [1.54, 1.807) is 6.07 Å². The first-order valence-corrected chi connectivity index (χ1v) is 6.32. The van der Waals surface area contributed by atoms with Crippen LogP contribution in [-0.4, -0.2) is 25.5 Å². The Morgan fingerprint density at radius 3 is 2.79 bits per heavy atom. The Morgan fingerprint density at radius 1 is 1.47 bits per heavy atom. The average molecular weight is 303 g/mol. The predicted molar refractivity (Wildman–Crippen MR) is 73.4 cm³/mol. The summed E-state index contributed by atoms with van der Waals surface area (Å²) in [4.78, 5) is 24.8. The van der Waals surface area contributed by atoms with Gasteiger partial charge in [-0.3, -0.25) is 9.59 Å². The fourth-order valence-electron chi connectivity index (χ4n) is 2.06. The Balaban J connectivity index is 2.33. The van der Waals surface area contributed by atoms with Gasteiger partial charge in [0.15, 0.2) is 0 Å². The van der Waals surface area contributed by atoms with Gasteiger partial charge in [-0.15, -0.1) is 0 Å². The molecule has 1 atom stereocenters. The summed E-state index contributed by atoms with van der Waals surface area (Å²) in [5, 5.41) is 0.653. The number of hydrogen-bond donors (Lipinski definition) is 1. The first-order chi connectivity index (χ1) is 8.93. The van der Waals surface area contributed by atoms with Gasteiger partial charge in [0.2, 0.25) is 5.91 Å². The number of amides is 1. The molecule has 1 aliphatic heterocycles. The van der Waals surface area contributed by atoms with Crippen LogP contribution in [0.4, 0.5) is 11.4 Å². The number of rotatable bonds is 2. The maximum absolute atomic E-state index is 12.0. The van der Waals surface area contributed by atoms with Crippen molar-refractivity contribution >= 4 is 46.5 Å². The van der Waals surface area contributed by atoms with E-state index in [0.717, 1.165) is 0 Å².